The van der Waals surface area contributed by atoms with Crippen LogP contribution in [0.1, 0.15) is 83.3 Å². The molecule has 0 atom stereocenters. The Morgan fingerprint density at radius 1 is 0.872 bits per heavy atom. The predicted octanol–water partition coefficient (Wildman–Crippen LogP) is 7.97. The van der Waals surface area contributed by atoms with Crippen molar-refractivity contribution in [1.82, 2.24) is 29.0 Å². The molecule has 4 aromatic heterocycles. The number of amides is 1. The number of rotatable bonds is 3. The Bertz CT molecular complexity index is 1570. The van der Waals surface area contributed by atoms with Crippen LogP contribution in [0.15, 0.2) is 49.1 Å². The number of nitrogens with zero attached hydrogens (tertiary/aromatic N) is 5. The molecular formula is C33H46Cl4N6O4. The molecule has 0 saturated carbocycles. The van der Waals surface area contributed by atoms with E-state index in [0.717, 1.165) is 50.1 Å². The first-order valence-corrected chi connectivity index (χ1v) is 16.3. The smallest absolute Gasteiger partial charge is 0.410 e. The van der Waals surface area contributed by atoms with Gasteiger partial charge in [-0.15, -0.1) is 24.8 Å². The normalized spacial score (nSPS) is 15.3. The summed E-state index contributed by atoms with van der Waals surface area (Å²) in [6, 6.07) is 8.59. The summed E-state index contributed by atoms with van der Waals surface area (Å²) < 4.78 is 13.6. The van der Waals surface area contributed by atoms with E-state index in [2.05, 4.69) is 44.3 Å². The third kappa shape index (κ3) is 11.7. The van der Waals surface area contributed by atoms with Crippen LogP contribution in [-0.2, 0) is 14.3 Å². The highest BCUT2D eigenvalue weighted by Crippen LogP contribution is 2.30. The molecule has 0 spiro atoms. The first-order valence-electron chi connectivity index (χ1n) is 15.5. The SMILES string of the molecule is CC(C)(C)OC(=O)N1CCC(c2ccn3c(Cl)ncc3c2)CC1.CCOC(C)=O.Cl.Cl.Clc1ncc2cc(C3CCNCC3)ccn12. The Labute approximate surface area is 299 Å². The van der Waals surface area contributed by atoms with Crippen LogP contribution in [-0.4, -0.2) is 74.1 Å². The van der Waals surface area contributed by atoms with Crippen molar-refractivity contribution in [2.45, 2.75) is 77.7 Å². The van der Waals surface area contributed by atoms with Crippen LogP contribution in [0.2, 0.25) is 10.6 Å². The van der Waals surface area contributed by atoms with Gasteiger partial charge in [-0.2, -0.15) is 0 Å². The highest BCUT2D eigenvalue weighted by atomic mass is 35.5. The number of halogens is 4. The van der Waals surface area contributed by atoms with E-state index >= 15 is 0 Å². The fourth-order valence-corrected chi connectivity index (χ4v) is 5.96. The molecule has 0 aliphatic carbocycles. The lowest BCUT2D eigenvalue weighted by molar-refractivity contribution is -0.140. The van der Waals surface area contributed by atoms with Crippen molar-refractivity contribution < 1.29 is 19.1 Å². The molecule has 2 aliphatic heterocycles. The van der Waals surface area contributed by atoms with E-state index in [-0.39, 0.29) is 36.9 Å². The number of nitrogens with one attached hydrogen (secondary N) is 1. The zero-order valence-electron chi connectivity index (χ0n) is 27.6. The number of esters is 1. The number of aromatic nitrogens is 4. The number of likely N-dealkylation sites (tertiary alicyclic amines) is 1. The van der Waals surface area contributed by atoms with Crippen LogP contribution in [0.3, 0.4) is 0 Å². The Morgan fingerprint density at radius 3 is 1.74 bits per heavy atom. The number of pyridine rings is 2. The van der Waals surface area contributed by atoms with Crippen LogP contribution in [0.25, 0.3) is 11.0 Å². The topological polar surface area (TPSA) is 102 Å². The van der Waals surface area contributed by atoms with Crippen molar-refractivity contribution in [3.8, 4) is 0 Å². The number of hydrogen-bond acceptors (Lipinski definition) is 7. The van der Waals surface area contributed by atoms with E-state index in [9.17, 15) is 9.59 Å². The molecule has 6 heterocycles. The maximum atomic E-state index is 12.1. The van der Waals surface area contributed by atoms with E-state index in [0.29, 0.717) is 29.0 Å². The molecule has 1 N–H and O–H groups in total. The van der Waals surface area contributed by atoms with Crippen LogP contribution in [0.4, 0.5) is 4.79 Å². The zero-order chi connectivity index (χ0) is 32.6. The molecular weight excluding hydrogens is 686 g/mol. The van der Waals surface area contributed by atoms with Gasteiger partial charge in [0.1, 0.15) is 5.60 Å². The molecule has 10 nitrogen and oxygen atoms in total. The molecule has 0 aromatic carbocycles. The van der Waals surface area contributed by atoms with Gasteiger partial charge < -0.3 is 19.7 Å². The molecule has 260 valence electrons. The van der Waals surface area contributed by atoms with Crippen molar-refractivity contribution in [2.75, 3.05) is 32.8 Å². The number of ether oxygens (including phenoxy) is 2. The summed E-state index contributed by atoms with van der Waals surface area (Å²) in [7, 11) is 0. The zero-order valence-corrected chi connectivity index (χ0v) is 30.7. The fraction of sp³-hybridized carbons (Fsp3) is 0.515. The maximum Gasteiger partial charge on any atom is 0.410 e. The number of hydrogen-bond donors (Lipinski definition) is 1. The number of fused-ring (bicyclic) bond motifs is 2. The Hall–Kier alpha value is -2.76. The van der Waals surface area contributed by atoms with Gasteiger partial charge in [-0.1, -0.05) is 0 Å². The molecule has 0 unspecified atom stereocenters. The Morgan fingerprint density at radius 2 is 1.34 bits per heavy atom. The van der Waals surface area contributed by atoms with Crippen molar-refractivity contribution in [1.29, 1.82) is 0 Å². The minimum atomic E-state index is -0.444. The average molecular weight is 733 g/mol. The number of piperidine rings is 2. The third-order valence-electron chi connectivity index (χ3n) is 7.80. The lowest BCUT2D eigenvalue weighted by Crippen LogP contribution is -2.41. The molecule has 6 rings (SSSR count). The Balaban J connectivity index is 0.000000279. The minimum Gasteiger partial charge on any atom is -0.466 e. The standard InChI is InChI=1S/C17H22ClN3O2.C12H14ClN3.C4H8O2.2ClH/c1-17(2,3)23-16(22)20-7-4-12(5-8-20)13-6-9-21-14(10-13)11-19-15(21)18;13-12-15-8-11-7-10(3-6-16(11)12)9-1-4-14-5-2-9;1-3-6-4(2)5;;/h6,9-12H,4-5,7-8H2,1-3H3;3,6-9,14H,1-2,4-5H2;3H2,1-2H3;2*1H. The molecule has 2 aliphatic rings. The molecule has 14 heteroatoms. The summed E-state index contributed by atoms with van der Waals surface area (Å²) in [4.78, 5) is 31.9. The van der Waals surface area contributed by atoms with Gasteiger partial charge in [0.25, 0.3) is 0 Å². The van der Waals surface area contributed by atoms with Gasteiger partial charge in [-0.05, 0) is 137 Å². The van der Waals surface area contributed by atoms with E-state index in [1.54, 1.807) is 18.0 Å². The van der Waals surface area contributed by atoms with Crippen LogP contribution >= 0.6 is 48.0 Å². The van der Waals surface area contributed by atoms with E-state index < -0.39 is 5.60 Å². The first kappa shape index (κ1) is 40.4. The monoisotopic (exact) mass is 730 g/mol. The van der Waals surface area contributed by atoms with Gasteiger partial charge in [-0.3, -0.25) is 13.6 Å². The second-order valence-corrected chi connectivity index (χ2v) is 12.9. The first-order chi connectivity index (χ1) is 21.4. The molecule has 2 saturated heterocycles. The van der Waals surface area contributed by atoms with E-state index in [1.165, 1.54) is 30.9 Å². The summed E-state index contributed by atoms with van der Waals surface area (Å²) in [5.74, 6) is 0.921. The van der Waals surface area contributed by atoms with Gasteiger partial charge in [0, 0.05) is 32.4 Å². The quantitative estimate of drug-likeness (QED) is 0.213. The predicted molar refractivity (Wildman–Crippen MR) is 192 cm³/mol. The number of carbonyl (C=O) groups excluding carboxylic acids is 2. The van der Waals surface area contributed by atoms with Gasteiger partial charge in [0.15, 0.2) is 0 Å². The Kier molecular flexibility index (Phi) is 16.1. The average Bonchev–Trinajstić information content (AvgIpc) is 3.58. The second kappa shape index (κ2) is 18.7. The third-order valence-corrected chi connectivity index (χ3v) is 8.36. The van der Waals surface area contributed by atoms with Gasteiger partial charge >= 0.3 is 12.1 Å². The number of carbonyl (C=O) groups is 2. The van der Waals surface area contributed by atoms with Crippen molar-refractivity contribution in [2.24, 2.45) is 0 Å². The van der Waals surface area contributed by atoms with Gasteiger partial charge in [-0.25, -0.2) is 14.8 Å². The van der Waals surface area contributed by atoms with Gasteiger partial charge in [0.2, 0.25) is 10.6 Å². The lowest BCUT2D eigenvalue weighted by Gasteiger charge is -2.33. The molecule has 4 aromatic rings. The van der Waals surface area contributed by atoms with Crippen molar-refractivity contribution in [3.63, 3.8) is 0 Å². The van der Waals surface area contributed by atoms with Crippen LogP contribution in [0.5, 0.6) is 0 Å². The summed E-state index contributed by atoms with van der Waals surface area (Å²) in [6.45, 7) is 13.0. The van der Waals surface area contributed by atoms with E-state index in [1.807, 2.05) is 48.2 Å². The second-order valence-electron chi connectivity index (χ2n) is 12.3. The molecule has 47 heavy (non-hydrogen) atoms. The molecule has 0 bridgehead atoms. The fourth-order valence-electron chi connectivity index (χ4n) is 5.56. The molecule has 2 fully saturated rings. The van der Waals surface area contributed by atoms with Crippen LogP contribution < -0.4 is 5.32 Å². The lowest BCUT2D eigenvalue weighted by atomic mass is 9.90. The summed E-state index contributed by atoms with van der Waals surface area (Å²) >= 11 is 12.0. The molecule has 0 radical (unpaired) electrons. The highest BCUT2D eigenvalue weighted by molar-refractivity contribution is 6.29. The highest BCUT2D eigenvalue weighted by Gasteiger charge is 2.27. The van der Waals surface area contributed by atoms with Gasteiger partial charge in [0.05, 0.1) is 30.0 Å². The maximum absolute atomic E-state index is 12.1. The van der Waals surface area contributed by atoms with E-state index in [4.69, 9.17) is 27.9 Å². The minimum absolute atomic E-state index is 0. The largest absolute Gasteiger partial charge is 0.466 e. The van der Waals surface area contributed by atoms with Crippen LogP contribution in [0, 0.1) is 0 Å². The molecule has 1 amide bonds. The summed E-state index contributed by atoms with van der Waals surface area (Å²) in [5, 5.41) is 4.40. The van der Waals surface area contributed by atoms with Crippen molar-refractivity contribution in [3.05, 3.63) is 70.7 Å². The summed E-state index contributed by atoms with van der Waals surface area (Å²) in [5.41, 5.74) is 4.33. The van der Waals surface area contributed by atoms with Crippen molar-refractivity contribution >= 4 is 71.1 Å². The summed E-state index contributed by atoms with van der Waals surface area (Å²) in [6.07, 6.45) is 11.7. The number of imidazole rings is 2.